The van der Waals surface area contributed by atoms with Crippen molar-refractivity contribution in [2.24, 2.45) is 0 Å². The lowest BCUT2D eigenvalue weighted by Crippen LogP contribution is -2.27. The van der Waals surface area contributed by atoms with Gasteiger partial charge in [0.15, 0.2) is 0 Å². The molecule has 2 aromatic carbocycles. The van der Waals surface area contributed by atoms with Gasteiger partial charge in [-0.05, 0) is 44.5 Å². The number of nitrogens with zero attached hydrogens (tertiary/aromatic N) is 1. The fraction of sp³-hybridized carbons (Fsp3) is 0.240. The van der Waals surface area contributed by atoms with Gasteiger partial charge in [-0.25, -0.2) is 14.4 Å². The molecule has 1 heterocycles. The molecule has 0 radical (unpaired) electrons. The number of carbonyl (C=O) groups excluding carboxylic acids is 2. The summed E-state index contributed by atoms with van der Waals surface area (Å²) in [7, 11) is 1.46. The lowest BCUT2D eigenvalue weighted by molar-refractivity contribution is -0.132. The number of benzene rings is 2. The van der Waals surface area contributed by atoms with Crippen molar-refractivity contribution in [3.8, 4) is 5.75 Å². The third-order valence-corrected chi connectivity index (χ3v) is 4.61. The molecule has 3 aromatic rings. The summed E-state index contributed by atoms with van der Waals surface area (Å²) in [4.78, 5) is 36.9. The summed E-state index contributed by atoms with van der Waals surface area (Å²) >= 11 is 0. The van der Waals surface area contributed by atoms with Crippen molar-refractivity contribution in [3.05, 3.63) is 71.6 Å². The van der Waals surface area contributed by atoms with E-state index in [1.807, 2.05) is 6.07 Å². The summed E-state index contributed by atoms with van der Waals surface area (Å²) in [6, 6.07) is 14.0. The van der Waals surface area contributed by atoms with Crippen LogP contribution >= 0.6 is 0 Å². The topological polar surface area (TPSA) is 116 Å². The van der Waals surface area contributed by atoms with Crippen LogP contribution in [0.25, 0.3) is 17.0 Å². The Morgan fingerprint density at radius 2 is 1.76 bits per heavy atom. The highest BCUT2D eigenvalue weighted by atomic mass is 16.6. The lowest BCUT2D eigenvalue weighted by atomic mass is 10.1. The zero-order valence-corrected chi connectivity index (χ0v) is 19.3. The molecule has 0 fully saturated rings. The van der Waals surface area contributed by atoms with Crippen LogP contribution in [0.4, 0.5) is 9.59 Å². The van der Waals surface area contributed by atoms with Gasteiger partial charge >= 0.3 is 18.2 Å². The Morgan fingerprint density at radius 1 is 1.06 bits per heavy atom. The maximum absolute atomic E-state index is 12.8. The molecule has 0 atom stereocenters. The first kappa shape index (κ1) is 24.4. The van der Waals surface area contributed by atoms with E-state index in [1.54, 1.807) is 63.2 Å². The summed E-state index contributed by atoms with van der Waals surface area (Å²) in [5, 5.41) is 12.4. The van der Waals surface area contributed by atoms with Crippen LogP contribution in [0.15, 0.2) is 60.4 Å². The fourth-order valence-electron chi connectivity index (χ4n) is 3.20. The summed E-state index contributed by atoms with van der Waals surface area (Å²) in [6.45, 7) is 5.20. The van der Waals surface area contributed by atoms with Crippen molar-refractivity contribution < 1.29 is 33.7 Å². The molecule has 178 valence electrons. The van der Waals surface area contributed by atoms with Gasteiger partial charge in [0, 0.05) is 17.1 Å². The third kappa shape index (κ3) is 5.94. The van der Waals surface area contributed by atoms with Crippen molar-refractivity contribution >= 4 is 35.1 Å². The SMILES string of the molecule is COc1cccc2c1c(/C=C(\NC(=O)OCc1ccccc1)C(=O)O)cn2C(=O)OC(C)(C)C. The minimum Gasteiger partial charge on any atom is -0.496 e. The second-order valence-electron chi connectivity index (χ2n) is 8.34. The van der Waals surface area contributed by atoms with Gasteiger partial charge in [-0.2, -0.15) is 0 Å². The Kier molecular flexibility index (Phi) is 7.25. The van der Waals surface area contributed by atoms with Gasteiger partial charge in [0.2, 0.25) is 0 Å². The number of hydrogen-bond acceptors (Lipinski definition) is 6. The summed E-state index contributed by atoms with van der Waals surface area (Å²) in [5.41, 5.74) is 0.366. The first-order valence-corrected chi connectivity index (χ1v) is 10.4. The number of carbonyl (C=O) groups is 3. The standard InChI is InChI=1S/C25H26N2O7/c1-25(2,3)34-24(31)27-14-17(21-19(27)11-8-12-20(21)32-4)13-18(22(28)29)26-23(30)33-15-16-9-6-5-7-10-16/h5-14H,15H2,1-4H3,(H,26,30)(H,28,29)/b18-13-. The number of rotatable bonds is 6. The van der Waals surface area contributed by atoms with Crippen LogP contribution in [0.2, 0.25) is 0 Å². The molecular formula is C25H26N2O7. The molecule has 0 aliphatic rings. The minimum atomic E-state index is -1.38. The predicted molar refractivity (Wildman–Crippen MR) is 125 cm³/mol. The van der Waals surface area contributed by atoms with Crippen LogP contribution < -0.4 is 10.1 Å². The number of carboxylic acid groups (broad SMARTS) is 1. The van der Waals surface area contributed by atoms with Crippen LogP contribution in [0, 0.1) is 0 Å². The van der Waals surface area contributed by atoms with E-state index in [1.165, 1.54) is 23.9 Å². The Bertz CT molecular complexity index is 1240. The molecule has 0 unspecified atom stereocenters. The van der Waals surface area contributed by atoms with Crippen LogP contribution in [-0.2, 0) is 20.9 Å². The normalized spacial score (nSPS) is 11.7. The zero-order chi connectivity index (χ0) is 24.9. The highest BCUT2D eigenvalue weighted by Crippen LogP contribution is 2.32. The lowest BCUT2D eigenvalue weighted by Gasteiger charge is -2.19. The molecular weight excluding hydrogens is 440 g/mol. The number of methoxy groups -OCH3 is 1. The van der Waals surface area contributed by atoms with E-state index in [4.69, 9.17) is 14.2 Å². The first-order chi connectivity index (χ1) is 16.1. The summed E-state index contributed by atoms with van der Waals surface area (Å²) in [5.74, 6) is -0.966. The molecule has 0 saturated heterocycles. The van der Waals surface area contributed by atoms with Gasteiger partial charge in [0.1, 0.15) is 23.7 Å². The van der Waals surface area contributed by atoms with Gasteiger partial charge in [-0.15, -0.1) is 0 Å². The number of amides is 1. The molecule has 1 amide bonds. The predicted octanol–water partition coefficient (Wildman–Crippen LogP) is 4.79. The smallest absolute Gasteiger partial charge is 0.419 e. The van der Waals surface area contributed by atoms with E-state index in [-0.39, 0.29) is 6.61 Å². The van der Waals surface area contributed by atoms with Gasteiger partial charge in [-0.3, -0.25) is 9.88 Å². The molecule has 9 nitrogen and oxygen atoms in total. The number of fused-ring (bicyclic) bond motifs is 1. The highest BCUT2D eigenvalue weighted by Gasteiger charge is 2.23. The average molecular weight is 466 g/mol. The van der Waals surface area contributed by atoms with Crippen molar-refractivity contribution in [3.63, 3.8) is 0 Å². The number of aliphatic carboxylic acids is 1. The molecule has 0 aliphatic heterocycles. The molecule has 2 N–H and O–H groups in total. The Balaban J connectivity index is 1.96. The van der Waals surface area contributed by atoms with E-state index < -0.39 is 29.5 Å². The van der Waals surface area contributed by atoms with Gasteiger partial charge < -0.3 is 19.3 Å². The first-order valence-electron chi connectivity index (χ1n) is 10.4. The van der Waals surface area contributed by atoms with Crippen molar-refractivity contribution in [1.82, 2.24) is 9.88 Å². The van der Waals surface area contributed by atoms with Gasteiger partial charge in [0.05, 0.1) is 12.6 Å². The molecule has 0 saturated carbocycles. The molecule has 0 bridgehead atoms. The average Bonchev–Trinajstić information content (AvgIpc) is 3.15. The number of alkyl carbamates (subject to hydrolysis) is 1. The maximum atomic E-state index is 12.8. The molecule has 9 heteroatoms. The molecule has 0 aliphatic carbocycles. The van der Waals surface area contributed by atoms with E-state index in [2.05, 4.69) is 5.32 Å². The summed E-state index contributed by atoms with van der Waals surface area (Å²) < 4.78 is 17.3. The number of carboxylic acids is 1. The van der Waals surface area contributed by atoms with Crippen LogP contribution in [0.1, 0.15) is 31.9 Å². The maximum Gasteiger partial charge on any atom is 0.419 e. The van der Waals surface area contributed by atoms with Gasteiger partial charge in [0.25, 0.3) is 0 Å². The number of aromatic nitrogens is 1. The van der Waals surface area contributed by atoms with Crippen LogP contribution in [-0.4, -0.2) is 40.5 Å². The quantitative estimate of drug-likeness (QED) is 0.502. The summed E-state index contributed by atoms with van der Waals surface area (Å²) in [6.07, 6.45) is 1.09. The van der Waals surface area contributed by atoms with E-state index in [9.17, 15) is 19.5 Å². The highest BCUT2D eigenvalue weighted by molar-refractivity contribution is 6.03. The minimum absolute atomic E-state index is 0.0225. The molecule has 3 rings (SSSR count). The fourth-order valence-corrected chi connectivity index (χ4v) is 3.20. The van der Waals surface area contributed by atoms with E-state index >= 15 is 0 Å². The van der Waals surface area contributed by atoms with Crippen LogP contribution in [0.5, 0.6) is 5.75 Å². The van der Waals surface area contributed by atoms with Crippen LogP contribution in [0.3, 0.4) is 0 Å². The third-order valence-electron chi connectivity index (χ3n) is 4.61. The van der Waals surface area contributed by atoms with Crippen molar-refractivity contribution in [1.29, 1.82) is 0 Å². The van der Waals surface area contributed by atoms with Crippen molar-refractivity contribution in [2.75, 3.05) is 7.11 Å². The number of nitrogens with one attached hydrogen (secondary N) is 1. The molecule has 1 aromatic heterocycles. The molecule has 34 heavy (non-hydrogen) atoms. The Morgan fingerprint density at radius 3 is 2.38 bits per heavy atom. The monoisotopic (exact) mass is 466 g/mol. The Labute approximate surface area is 196 Å². The Hall–Kier alpha value is -4.27. The molecule has 0 spiro atoms. The van der Waals surface area contributed by atoms with Gasteiger partial charge in [-0.1, -0.05) is 36.4 Å². The van der Waals surface area contributed by atoms with E-state index in [0.29, 0.717) is 22.2 Å². The zero-order valence-electron chi connectivity index (χ0n) is 19.3. The second-order valence-corrected chi connectivity index (χ2v) is 8.34. The van der Waals surface area contributed by atoms with Crippen molar-refractivity contribution in [2.45, 2.75) is 33.0 Å². The number of ether oxygens (including phenoxy) is 3. The largest absolute Gasteiger partial charge is 0.496 e. The second kappa shape index (κ2) is 10.1. The number of hydrogen-bond donors (Lipinski definition) is 2. The van der Waals surface area contributed by atoms with E-state index in [0.717, 1.165) is 5.56 Å².